The molecule has 0 saturated carbocycles. The van der Waals surface area contributed by atoms with Gasteiger partial charge in [-0.2, -0.15) is 0 Å². The molecule has 1 amide bonds. The van der Waals surface area contributed by atoms with Crippen LogP contribution >= 0.6 is 11.6 Å². The molecule has 1 N–H and O–H groups in total. The van der Waals surface area contributed by atoms with Crippen LogP contribution in [0.4, 0.5) is 5.69 Å². The van der Waals surface area contributed by atoms with Crippen molar-refractivity contribution in [2.75, 3.05) is 18.1 Å². The third-order valence-corrected chi connectivity index (χ3v) is 6.00. The molecule has 1 fully saturated rings. The fourth-order valence-corrected chi connectivity index (χ4v) is 4.21. The van der Waals surface area contributed by atoms with E-state index in [2.05, 4.69) is 0 Å². The fraction of sp³-hybridized carbons (Fsp3) is 0.241. The van der Waals surface area contributed by atoms with Crippen LogP contribution in [0.3, 0.4) is 0 Å². The molecule has 7 heteroatoms. The van der Waals surface area contributed by atoms with Crippen LogP contribution in [-0.4, -0.2) is 30.0 Å². The molecule has 0 radical (unpaired) electrons. The lowest BCUT2D eigenvalue weighted by atomic mass is 9.95. The number of carbonyl (C=O) groups is 2. The number of ketones is 1. The number of anilines is 1. The predicted octanol–water partition coefficient (Wildman–Crippen LogP) is 6.40. The first-order valence-electron chi connectivity index (χ1n) is 11.8. The van der Waals surface area contributed by atoms with E-state index in [4.69, 9.17) is 21.1 Å². The zero-order valence-corrected chi connectivity index (χ0v) is 21.2. The van der Waals surface area contributed by atoms with Crippen LogP contribution in [0.25, 0.3) is 5.76 Å². The number of rotatable bonds is 8. The third kappa shape index (κ3) is 5.24. The van der Waals surface area contributed by atoms with Gasteiger partial charge in [0.2, 0.25) is 0 Å². The van der Waals surface area contributed by atoms with Gasteiger partial charge in [0.05, 0.1) is 24.8 Å². The lowest BCUT2D eigenvalue weighted by molar-refractivity contribution is -0.132. The van der Waals surface area contributed by atoms with Crippen LogP contribution in [0.1, 0.15) is 37.9 Å². The smallest absolute Gasteiger partial charge is 0.300 e. The molecule has 36 heavy (non-hydrogen) atoms. The number of hydrogen-bond donors (Lipinski definition) is 1. The maximum atomic E-state index is 13.3. The molecule has 0 spiro atoms. The van der Waals surface area contributed by atoms with Crippen LogP contribution < -0.4 is 14.4 Å². The number of Topliss-reactive ketones (excluding diaryl/α,β-unsaturated/α-hetero) is 1. The Morgan fingerprint density at radius 2 is 1.67 bits per heavy atom. The van der Waals surface area contributed by atoms with Gasteiger partial charge in [-0.25, -0.2) is 0 Å². The van der Waals surface area contributed by atoms with Crippen molar-refractivity contribution < 1.29 is 24.2 Å². The second-order valence-corrected chi connectivity index (χ2v) is 9.32. The van der Waals surface area contributed by atoms with Gasteiger partial charge in [0.1, 0.15) is 17.3 Å². The van der Waals surface area contributed by atoms with Gasteiger partial charge in [0, 0.05) is 16.3 Å². The van der Waals surface area contributed by atoms with E-state index in [-0.39, 0.29) is 11.3 Å². The normalized spacial score (nSPS) is 17.0. The summed E-state index contributed by atoms with van der Waals surface area (Å²) in [7, 11) is 0. The molecular weight excluding hydrogens is 478 g/mol. The largest absolute Gasteiger partial charge is 0.507 e. The SMILES string of the molecule is CCOc1ccc(N2C(=O)C(=O)/C(=C(\O)c3cccc(OCC(C)C)c3)C2c2ccc(Cl)cc2)cc1. The second kappa shape index (κ2) is 10.9. The number of hydrogen-bond acceptors (Lipinski definition) is 5. The van der Waals surface area contributed by atoms with E-state index in [1.807, 2.05) is 20.8 Å². The fourth-order valence-electron chi connectivity index (χ4n) is 4.08. The maximum Gasteiger partial charge on any atom is 0.300 e. The van der Waals surface area contributed by atoms with E-state index in [1.165, 1.54) is 4.90 Å². The van der Waals surface area contributed by atoms with Gasteiger partial charge < -0.3 is 14.6 Å². The first kappa shape index (κ1) is 25.3. The van der Waals surface area contributed by atoms with Crippen molar-refractivity contribution >= 4 is 34.7 Å². The number of nitrogens with zero attached hydrogens (tertiary/aromatic N) is 1. The Morgan fingerprint density at radius 1 is 0.972 bits per heavy atom. The van der Waals surface area contributed by atoms with Gasteiger partial charge in [-0.1, -0.05) is 49.7 Å². The standard InChI is InChI=1S/C29H28ClNO5/c1-4-35-23-14-12-22(13-15-23)31-26(19-8-10-21(30)11-9-19)25(28(33)29(31)34)27(32)20-6-5-7-24(16-20)36-17-18(2)3/h5-16,18,26,32H,4,17H2,1-3H3/b27-25-. The zero-order chi connectivity index (χ0) is 25.8. The summed E-state index contributed by atoms with van der Waals surface area (Å²) in [6, 6.07) is 19.8. The van der Waals surface area contributed by atoms with Gasteiger partial charge in [0.25, 0.3) is 11.7 Å². The summed E-state index contributed by atoms with van der Waals surface area (Å²) in [5, 5.41) is 11.9. The Kier molecular flexibility index (Phi) is 7.65. The minimum Gasteiger partial charge on any atom is -0.507 e. The topological polar surface area (TPSA) is 76.1 Å². The van der Waals surface area contributed by atoms with E-state index in [1.54, 1.807) is 72.8 Å². The van der Waals surface area contributed by atoms with E-state index < -0.39 is 17.7 Å². The van der Waals surface area contributed by atoms with Gasteiger partial charge in [-0.05, 0) is 66.9 Å². The van der Waals surface area contributed by atoms with Gasteiger partial charge in [-0.15, -0.1) is 0 Å². The highest BCUT2D eigenvalue weighted by molar-refractivity contribution is 6.51. The second-order valence-electron chi connectivity index (χ2n) is 8.88. The van der Waals surface area contributed by atoms with Crippen LogP contribution in [-0.2, 0) is 9.59 Å². The average molecular weight is 506 g/mol. The van der Waals surface area contributed by atoms with Crippen LogP contribution in [0, 0.1) is 5.92 Å². The molecule has 4 rings (SSSR count). The number of benzene rings is 3. The summed E-state index contributed by atoms with van der Waals surface area (Å²) in [5.41, 5.74) is 1.53. The van der Waals surface area contributed by atoms with Crippen LogP contribution in [0.2, 0.25) is 5.02 Å². The Labute approximate surface area is 215 Å². The molecule has 3 aromatic rings. The first-order valence-corrected chi connectivity index (χ1v) is 12.2. The first-order chi connectivity index (χ1) is 17.3. The van der Waals surface area contributed by atoms with Crippen molar-refractivity contribution in [3.63, 3.8) is 0 Å². The predicted molar refractivity (Wildman–Crippen MR) is 141 cm³/mol. The van der Waals surface area contributed by atoms with Crippen LogP contribution in [0.5, 0.6) is 11.5 Å². The molecular formula is C29H28ClNO5. The van der Waals surface area contributed by atoms with Crippen molar-refractivity contribution in [1.29, 1.82) is 0 Å². The molecule has 0 bridgehead atoms. The van der Waals surface area contributed by atoms with Crippen molar-refractivity contribution in [3.05, 3.63) is 94.5 Å². The summed E-state index contributed by atoms with van der Waals surface area (Å²) in [4.78, 5) is 28.0. The summed E-state index contributed by atoms with van der Waals surface area (Å²) < 4.78 is 11.3. The molecule has 1 atom stereocenters. The van der Waals surface area contributed by atoms with Crippen molar-refractivity contribution in [3.8, 4) is 11.5 Å². The summed E-state index contributed by atoms with van der Waals surface area (Å²) in [6.07, 6.45) is 0. The van der Waals surface area contributed by atoms with Gasteiger partial charge in [-0.3, -0.25) is 14.5 Å². The summed E-state index contributed by atoms with van der Waals surface area (Å²) in [5.74, 6) is -0.221. The Morgan fingerprint density at radius 3 is 2.31 bits per heavy atom. The highest BCUT2D eigenvalue weighted by atomic mass is 35.5. The molecule has 1 heterocycles. The number of aliphatic hydroxyl groups is 1. The minimum absolute atomic E-state index is 0.00258. The number of ether oxygens (including phenoxy) is 2. The zero-order valence-electron chi connectivity index (χ0n) is 20.4. The lowest BCUT2D eigenvalue weighted by Gasteiger charge is -2.25. The molecule has 1 aliphatic rings. The monoisotopic (exact) mass is 505 g/mol. The highest BCUT2D eigenvalue weighted by Gasteiger charge is 2.47. The van der Waals surface area contributed by atoms with E-state index >= 15 is 0 Å². The maximum absolute atomic E-state index is 13.3. The lowest BCUT2D eigenvalue weighted by Crippen LogP contribution is -2.29. The quantitative estimate of drug-likeness (QED) is 0.218. The summed E-state index contributed by atoms with van der Waals surface area (Å²) in [6.45, 7) is 6.98. The Balaban J connectivity index is 1.83. The number of amides is 1. The van der Waals surface area contributed by atoms with Gasteiger partial charge >= 0.3 is 0 Å². The number of carbonyl (C=O) groups excluding carboxylic acids is 2. The van der Waals surface area contributed by atoms with Crippen LogP contribution in [0.15, 0.2) is 78.4 Å². The molecule has 1 aliphatic heterocycles. The van der Waals surface area contributed by atoms with Crippen molar-refractivity contribution in [1.82, 2.24) is 0 Å². The highest BCUT2D eigenvalue weighted by Crippen LogP contribution is 2.43. The minimum atomic E-state index is -0.847. The third-order valence-electron chi connectivity index (χ3n) is 5.75. The number of aliphatic hydroxyl groups excluding tert-OH is 1. The van der Waals surface area contributed by atoms with E-state index in [0.717, 1.165) is 0 Å². The van der Waals surface area contributed by atoms with Gasteiger partial charge in [0.15, 0.2) is 0 Å². The van der Waals surface area contributed by atoms with Crippen molar-refractivity contribution in [2.24, 2.45) is 5.92 Å². The van der Waals surface area contributed by atoms with E-state index in [9.17, 15) is 14.7 Å². The molecule has 1 saturated heterocycles. The Hall–Kier alpha value is -3.77. The summed E-state index contributed by atoms with van der Waals surface area (Å²) >= 11 is 6.10. The average Bonchev–Trinajstić information content (AvgIpc) is 3.14. The Bertz CT molecular complexity index is 1280. The molecule has 3 aromatic carbocycles. The molecule has 6 nitrogen and oxygen atoms in total. The molecule has 0 aliphatic carbocycles. The number of halogens is 1. The molecule has 186 valence electrons. The molecule has 0 aromatic heterocycles. The molecule has 1 unspecified atom stereocenters. The van der Waals surface area contributed by atoms with E-state index in [0.29, 0.717) is 52.5 Å². The van der Waals surface area contributed by atoms with Crippen molar-refractivity contribution in [2.45, 2.75) is 26.8 Å².